The number of hydrogen-bond acceptors (Lipinski definition) is 3. The monoisotopic (exact) mass is 379 g/mol. The summed E-state index contributed by atoms with van der Waals surface area (Å²) in [7, 11) is 0. The number of aryl methyl sites for hydroxylation is 1. The molecule has 0 bridgehead atoms. The van der Waals surface area contributed by atoms with Crippen LogP contribution in [0, 0.1) is 0 Å². The van der Waals surface area contributed by atoms with Gasteiger partial charge in [-0.15, -0.1) is 0 Å². The molecule has 0 aliphatic heterocycles. The minimum absolute atomic E-state index is 0.0386. The number of fused-ring (bicyclic) bond motifs is 2. The first kappa shape index (κ1) is 17.6. The van der Waals surface area contributed by atoms with Gasteiger partial charge in [0, 0.05) is 29.4 Å². The molecular weight excluding hydrogens is 358 g/mol. The van der Waals surface area contributed by atoms with Crippen LogP contribution in [0.4, 0.5) is 0 Å². The van der Waals surface area contributed by atoms with Crippen molar-refractivity contribution in [1.29, 1.82) is 0 Å². The smallest absolute Gasteiger partial charge is 0.252 e. The van der Waals surface area contributed by atoms with Crippen LogP contribution in [0.1, 0.15) is 27.9 Å². The van der Waals surface area contributed by atoms with Crippen LogP contribution in [0.25, 0.3) is 22.2 Å². The van der Waals surface area contributed by atoms with Crippen LogP contribution in [0.3, 0.4) is 0 Å². The maximum absolute atomic E-state index is 13.3. The van der Waals surface area contributed by atoms with E-state index in [-0.39, 0.29) is 11.9 Å². The number of nitrogens with one attached hydrogen (secondary N) is 1. The molecule has 1 aliphatic carbocycles. The van der Waals surface area contributed by atoms with Crippen molar-refractivity contribution in [3.63, 3.8) is 0 Å². The largest absolute Gasteiger partial charge is 0.349 e. The summed E-state index contributed by atoms with van der Waals surface area (Å²) in [5.74, 6) is -0.0386. The molecule has 0 saturated carbocycles. The average molecular weight is 379 g/mol. The van der Waals surface area contributed by atoms with Crippen molar-refractivity contribution in [3.05, 3.63) is 95.8 Å². The van der Waals surface area contributed by atoms with E-state index in [1.807, 2.05) is 42.5 Å². The molecule has 2 heterocycles. The summed E-state index contributed by atoms with van der Waals surface area (Å²) in [5, 5.41) is 4.14. The molecule has 2 aromatic carbocycles. The van der Waals surface area contributed by atoms with Crippen molar-refractivity contribution in [3.8, 4) is 11.3 Å². The predicted molar refractivity (Wildman–Crippen MR) is 115 cm³/mol. The van der Waals surface area contributed by atoms with Crippen molar-refractivity contribution >= 4 is 16.8 Å². The molecule has 142 valence electrons. The Bertz CT molecular complexity index is 1190. The maximum atomic E-state index is 13.3. The van der Waals surface area contributed by atoms with E-state index in [2.05, 4.69) is 34.6 Å². The fourth-order valence-electron chi connectivity index (χ4n) is 4.12. The fraction of sp³-hybridized carbons (Fsp3) is 0.160. The van der Waals surface area contributed by atoms with E-state index in [1.54, 1.807) is 12.4 Å². The van der Waals surface area contributed by atoms with Gasteiger partial charge in [-0.2, -0.15) is 0 Å². The SMILES string of the molecule is O=C(NC1CCc2ccccc2C1)c1cc(-c2ccncc2)nc2ccccc12. The van der Waals surface area contributed by atoms with Gasteiger partial charge in [0.25, 0.3) is 5.91 Å². The van der Waals surface area contributed by atoms with Crippen molar-refractivity contribution in [2.45, 2.75) is 25.3 Å². The van der Waals surface area contributed by atoms with Gasteiger partial charge in [-0.25, -0.2) is 4.98 Å². The molecule has 5 rings (SSSR count). The molecule has 2 aromatic heterocycles. The number of benzene rings is 2. The minimum Gasteiger partial charge on any atom is -0.349 e. The lowest BCUT2D eigenvalue weighted by atomic mass is 9.88. The third kappa shape index (κ3) is 3.49. The zero-order chi connectivity index (χ0) is 19.6. The van der Waals surface area contributed by atoms with Crippen molar-refractivity contribution in [2.75, 3.05) is 0 Å². The predicted octanol–water partition coefficient (Wildman–Crippen LogP) is 4.58. The third-order valence-corrected chi connectivity index (χ3v) is 5.62. The van der Waals surface area contributed by atoms with Gasteiger partial charge >= 0.3 is 0 Å². The number of hydrogen-bond donors (Lipinski definition) is 1. The van der Waals surface area contributed by atoms with Gasteiger partial charge in [0.1, 0.15) is 0 Å². The average Bonchev–Trinajstić information content (AvgIpc) is 2.79. The number of pyridine rings is 2. The Morgan fingerprint density at radius 3 is 2.55 bits per heavy atom. The van der Waals surface area contributed by atoms with Crippen LogP contribution >= 0.6 is 0 Å². The lowest BCUT2D eigenvalue weighted by molar-refractivity contribution is 0.0935. The fourth-order valence-corrected chi connectivity index (χ4v) is 4.12. The summed E-state index contributed by atoms with van der Waals surface area (Å²) in [4.78, 5) is 22.1. The first-order valence-corrected chi connectivity index (χ1v) is 9.96. The van der Waals surface area contributed by atoms with Crippen molar-refractivity contribution < 1.29 is 4.79 Å². The van der Waals surface area contributed by atoms with Gasteiger partial charge in [-0.3, -0.25) is 9.78 Å². The number of para-hydroxylation sites is 1. The van der Waals surface area contributed by atoms with Gasteiger partial charge in [-0.1, -0.05) is 42.5 Å². The summed E-state index contributed by atoms with van der Waals surface area (Å²) < 4.78 is 0. The van der Waals surface area contributed by atoms with Crippen LogP contribution in [0.15, 0.2) is 79.1 Å². The molecule has 0 fully saturated rings. The molecular formula is C25H21N3O. The van der Waals surface area contributed by atoms with E-state index in [0.29, 0.717) is 5.56 Å². The van der Waals surface area contributed by atoms with E-state index in [0.717, 1.165) is 41.4 Å². The molecule has 1 amide bonds. The van der Waals surface area contributed by atoms with Crippen LogP contribution < -0.4 is 5.32 Å². The van der Waals surface area contributed by atoms with Crippen LogP contribution in [0.5, 0.6) is 0 Å². The van der Waals surface area contributed by atoms with Gasteiger partial charge < -0.3 is 5.32 Å². The Balaban J connectivity index is 1.48. The first-order chi connectivity index (χ1) is 14.3. The summed E-state index contributed by atoms with van der Waals surface area (Å²) in [5.41, 5.74) is 5.95. The normalized spacial score (nSPS) is 15.7. The Labute approximate surface area is 169 Å². The Kier molecular flexibility index (Phi) is 4.53. The number of rotatable bonds is 3. The van der Waals surface area contributed by atoms with Gasteiger partial charge in [0.15, 0.2) is 0 Å². The second kappa shape index (κ2) is 7.47. The zero-order valence-electron chi connectivity index (χ0n) is 16.0. The molecule has 1 aliphatic rings. The van der Waals surface area contributed by atoms with E-state index < -0.39 is 0 Å². The second-order valence-electron chi connectivity index (χ2n) is 7.49. The lowest BCUT2D eigenvalue weighted by Crippen LogP contribution is -2.39. The molecule has 4 aromatic rings. The van der Waals surface area contributed by atoms with Gasteiger partial charge in [0.2, 0.25) is 0 Å². The number of carbonyl (C=O) groups is 1. The molecule has 0 radical (unpaired) electrons. The number of nitrogens with zero attached hydrogens (tertiary/aromatic N) is 2. The summed E-state index contributed by atoms with van der Waals surface area (Å²) in [6, 6.07) is 22.2. The summed E-state index contributed by atoms with van der Waals surface area (Å²) in [6.07, 6.45) is 6.32. The van der Waals surface area contributed by atoms with Gasteiger partial charge in [-0.05, 0) is 54.7 Å². The van der Waals surface area contributed by atoms with Crippen molar-refractivity contribution in [2.24, 2.45) is 0 Å². The Morgan fingerprint density at radius 1 is 0.931 bits per heavy atom. The molecule has 4 nitrogen and oxygen atoms in total. The Hall–Kier alpha value is -3.53. The maximum Gasteiger partial charge on any atom is 0.252 e. The third-order valence-electron chi connectivity index (χ3n) is 5.62. The van der Waals surface area contributed by atoms with Crippen LogP contribution in [-0.4, -0.2) is 21.9 Å². The summed E-state index contributed by atoms with van der Waals surface area (Å²) in [6.45, 7) is 0. The molecule has 1 unspecified atom stereocenters. The standard InChI is InChI=1S/C25H21N3O/c29-25(27-20-10-9-17-5-1-2-6-19(17)15-20)22-16-24(18-11-13-26-14-12-18)28-23-8-4-3-7-21(22)23/h1-8,11-14,16,20H,9-10,15H2,(H,27,29). The number of aromatic nitrogens is 2. The van der Waals surface area contributed by atoms with E-state index in [4.69, 9.17) is 4.98 Å². The van der Waals surface area contributed by atoms with Crippen molar-refractivity contribution in [1.82, 2.24) is 15.3 Å². The highest BCUT2D eigenvalue weighted by atomic mass is 16.1. The number of carbonyl (C=O) groups excluding carboxylic acids is 1. The molecule has 0 spiro atoms. The Morgan fingerprint density at radius 2 is 1.69 bits per heavy atom. The first-order valence-electron chi connectivity index (χ1n) is 9.96. The lowest BCUT2D eigenvalue weighted by Gasteiger charge is -2.25. The highest BCUT2D eigenvalue weighted by Crippen LogP contribution is 2.26. The van der Waals surface area contributed by atoms with Crippen LogP contribution in [0.2, 0.25) is 0 Å². The molecule has 1 N–H and O–H groups in total. The minimum atomic E-state index is -0.0386. The zero-order valence-corrected chi connectivity index (χ0v) is 16.0. The number of amides is 1. The van der Waals surface area contributed by atoms with E-state index >= 15 is 0 Å². The van der Waals surface area contributed by atoms with Gasteiger partial charge in [0.05, 0.1) is 16.8 Å². The van der Waals surface area contributed by atoms with E-state index in [1.165, 1.54) is 11.1 Å². The quantitative estimate of drug-likeness (QED) is 0.567. The van der Waals surface area contributed by atoms with E-state index in [9.17, 15) is 4.79 Å². The molecule has 0 saturated heterocycles. The molecule has 4 heteroatoms. The summed E-state index contributed by atoms with van der Waals surface area (Å²) >= 11 is 0. The highest BCUT2D eigenvalue weighted by Gasteiger charge is 2.22. The second-order valence-corrected chi connectivity index (χ2v) is 7.49. The molecule has 29 heavy (non-hydrogen) atoms. The highest BCUT2D eigenvalue weighted by molar-refractivity contribution is 6.07. The van der Waals surface area contributed by atoms with Crippen LogP contribution in [-0.2, 0) is 12.8 Å². The molecule has 1 atom stereocenters. The topological polar surface area (TPSA) is 54.9 Å².